The van der Waals surface area contributed by atoms with Crippen LogP contribution in [0.5, 0.6) is 0 Å². The molecule has 3 nitrogen and oxygen atoms in total. The maximum Gasteiger partial charge on any atom is 0.262 e. The van der Waals surface area contributed by atoms with Crippen molar-refractivity contribution >= 4 is 23.4 Å². The van der Waals surface area contributed by atoms with Gasteiger partial charge in [0.05, 0.1) is 16.7 Å². The second-order valence-electron chi connectivity index (χ2n) is 5.78. The molecule has 4 heteroatoms. The summed E-state index contributed by atoms with van der Waals surface area (Å²) in [5.41, 5.74) is 1.20. The van der Waals surface area contributed by atoms with E-state index in [1.54, 1.807) is 24.3 Å². The summed E-state index contributed by atoms with van der Waals surface area (Å²) in [6.07, 6.45) is 0.531. The van der Waals surface area contributed by atoms with Gasteiger partial charge < -0.3 is 0 Å². The molecular weight excluding hydrogens is 298 g/mol. The average molecular weight is 314 g/mol. The van der Waals surface area contributed by atoms with E-state index in [1.807, 2.05) is 37.3 Å². The van der Waals surface area contributed by atoms with Gasteiger partial charge in [-0.15, -0.1) is 11.6 Å². The third kappa shape index (κ3) is 2.32. The number of carbonyl (C=O) groups excluding carboxylic acids is 2. The van der Waals surface area contributed by atoms with Gasteiger partial charge in [0.2, 0.25) is 0 Å². The molecule has 0 radical (unpaired) electrons. The maximum atomic E-state index is 12.6. The Labute approximate surface area is 134 Å². The zero-order valence-electron chi connectivity index (χ0n) is 12.3. The first-order valence-corrected chi connectivity index (χ1v) is 7.68. The molecule has 3 rings (SSSR count). The lowest BCUT2D eigenvalue weighted by atomic mass is 9.92. The van der Waals surface area contributed by atoms with Crippen molar-refractivity contribution in [1.29, 1.82) is 0 Å². The number of hydrogen-bond donors (Lipinski definition) is 0. The van der Waals surface area contributed by atoms with Gasteiger partial charge in [-0.3, -0.25) is 14.5 Å². The van der Waals surface area contributed by atoms with Crippen LogP contribution in [0.3, 0.4) is 0 Å². The molecule has 2 aromatic rings. The average Bonchev–Trinajstić information content (AvgIpc) is 2.81. The fourth-order valence-corrected chi connectivity index (χ4v) is 3.12. The monoisotopic (exact) mass is 313 g/mol. The SMILES string of the molecule is CC(CCl)(Cc1ccccc1)N1C(=O)c2ccccc2C1=O. The van der Waals surface area contributed by atoms with Crippen molar-refractivity contribution in [2.75, 3.05) is 5.88 Å². The number of amides is 2. The summed E-state index contributed by atoms with van der Waals surface area (Å²) >= 11 is 6.17. The Kier molecular flexibility index (Phi) is 3.75. The number of carbonyl (C=O) groups is 2. The molecule has 0 saturated carbocycles. The van der Waals surface area contributed by atoms with Gasteiger partial charge in [-0.2, -0.15) is 0 Å². The number of benzene rings is 2. The summed E-state index contributed by atoms with van der Waals surface area (Å²) in [5.74, 6) is -0.341. The summed E-state index contributed by atoms with van der Waals surface area (Å²) in [7, 11) is 0. The number of nitrogens with zero attached hydrogens (tertiary/aromatic N) is 1. The van der Waals surface area contributed by atoms with Gasteiger partial charge in [0, 0.05) is 5.88 Å². The molecule has 0 aromatic heterocycles. The first-order valence-electron chi connectivity index (χ1n) is 7.15. The van der Waals surface area contributed by atoms with Gasteiger partial charge in [-0.1, -0.05) is 42.5 Å². The van der Waals surface area contributed by atoms with Crippen LogP contribution < -0.4 is 0 Å². The molecule has 1 aliphatic heterocycles. The Hall–Kier alpha value is -2.13. The zero-order valence-corrected chi connectivity index (χ0v) is 13.0. The number of fused-ring (bicyclic) bond motifs is 1. The molecule has 2 amide bonds. The van der Waals surface area contributed by atoms with Crippen molar-refractivity contribution in [1.82, 2.24) is 4.90 Å². The highest BCUT2D eigenvalue weighted by molar-refractivity contribution is 6.23. The van der Waals surface area contributed by atoms with E-state index in [9.17, 15) is 9.59 Å². The summed E-state index contributed by atoms with van der Waals surface area (Å²) in [5, 5.41) is 0. The largest absolute Gasteiger partial charge is 0.269 e. The molecule has 0 aliphatic carbocycles. The highest BCUT2D eigenvalue weighted by atomic mass is 35.5. The molecule has 0 N–H and O–H groups in total. The van der Waals surface area contributed by atoms with E-state index in [-0.39, 0.29) is 17.7 Å². The Morgan fingerprint density at radius 2 is 1.41 bits per heavy atom. The number of halogens is 1. The van der Waals surface area contributed by atoms with Gasteiger partial charge in [0.1, 0.15) is 0 Å². The first-order chi connectivity index (χ1) is 10.6. The highest BCUT2D eigenvalue weighted by Gasteiger charge is 2.45. The molecule has 22 heavy (non-hydrogen) atoms. The van der Waals surface area contributed by atoms with Crippen molar-refractivity contribution in [3.63, 3.8) is 0 Å². The van der Waals surface area contributed by atoms with Crippen molar-refractivity contribution in [2.24, 2.45) is 0 Å². The van der Waals surface area contributed by atoms with Crippen LogP contribution in [0, 0.1) is 0 Å². The molecule has 1 unspecified atom stereocenters. The molecule has 1 heterocycles. The van der Waals surface area contributed by atoms with Crippen LogP contribution in [0.1, 0.15) is 33.2 Å². The standard InChI is InChI=1S/C18H16ClNO2/c1-18(12-19,11-13-7-3-2-4-8-13)20-16(21)14-9-5-6-10-15(14)17(20)22/h2-10H,11-12H2,1H3. The van der Waals surface area contributed by atoms with Gasteiger partial charge in [-0.25, -0.2) is 0 Å². The van der Waals surface area contributed by atoms with Crippen LogP contribution in [0.15, 0.2) is 54.6 Å². The topological polar surface area (TPSA) is 37.4 Å². The minimum absolute atomic E-state index is 0.188. The van der Waals surface area contributed by atoms with E-state index in [0.717, 1.165) is 5.56 Å². The van der Waals surface area contributed by atoms with E-state index < -0.39 is 5.54 Å². The third-order valence-corrected chi connectivity index (χ3v) is 4.63. The molecule has 1 aliphatic rings. The van der Waals surface area contributed by atoms with Gasteiger partial charge in [-0.05, 0) is 31.0 Å². The summed E-state index contributed by atoms with van der Waals surface area (Å²) in [4.78, 5) is 26.6. The Balaban J connectivity index is 1.98. The molecule has 1 atom stereocenters. The lowest BCUT2D eigenvalue weighted by molar-refractivity contribution is 0.0486. The molecular formula is C18H16ClNO2. The van der Waals surface area contributed by atoms with Crippen LogP contribution in [-0.2, 0) is 6.42 Å². The number of alkyl halides is 1. The van der Waals surface area contributed by atoms with E-state index in [2.05, 4.69) is 0 Å². The van der Waals surface area contributed by atoms with E-state index >= 15 is 0 Å². The van der Waals surface area contributed by atoms with E-state index in [4.69, 9.17) is 11.6 Å². The molecule has 0 bridgehead atoms. The third-order valence-electron chi connectivity index (χ3n) is 4.05. The van der Waals surface area contributed by atoms with Crippen LogP contribution in [0.2, 0.25) is 0 Å². The second kappa shape index (κ2) is 5.58. The minimum atomic E-state index is -0.754. The smallest absolute Gasteiger partial charge is 0.262 e. The predicted octanol–water partition coefficient (Wildman–Crippen LogP) is 3.52. The molecule has 112 valence electrons. The van der Waals surface area contributed by atoms with Crippen molar-refractivity contribution < 1.29 is 9.59 Å². The summed E-state index contributed by atoms with van der Waals surface area (Å²) in [6, 6.07) is 16.7. The van der Waals surface area contributed by atoms with Crippen LogP contribution >= 0.6 is 11.6 Å². The minimum Gasteiger partial charge on any atom is -0.269 e. The lowest BCUT2D eigenvalue weighted by Gasteiger charge is -2.36. The Morgan fingerprint density at radius 3 is 1.91 bits per heavy atom. The van der Waals surface area contributed by atoms with Gasteiger partial charge >= 0.3 is 0 Å². The summed E-state index contributed by atoms with van der Waals surface area (Å²) < 4.78 is 0. The van der Waals surface area contributed by atoms with Crippen molar-refractivity contribution in [3.05, 3.63) is 71.3 Å². The van der Waals surface area contributed by atoms with Crippen molar-refractivity contribution in [2.45, 2.75) is 18.9 Å². The number of rotatable bonds is 4. The number of imide groups is 1. The Bertz CT molecular complexity index is 694. The van der Waals surface area contributed by atoms with Crippen molar-refractivity contribution in [3.8, 4) is 0 Å². The highest BCUT2D eigenvalue weighted by Crippen LogP contribution is 2.32. The first kappa shape index (κ1) is 14.8. The van der Waals surface area contributed by atoms with Gasteiger partial charge in [0.25, 0.3) is 11.8 Å². The normalized spacial score (nSPS) is 16.5. The fraction of sp³-hybridized carbons (Fsp3) is 0.222. The maximum absolute atomic E-state index is 12.6. The predicted molar refractivity (Wildman–Crippen MR) is 86.2 cm³/mol. The zero-order chi connectivity index (χ0) is 15.7. The van der Waals surface area contributed by atoms with Crippen LogP contribution in [0.25, 0.3) is 0 Å². The van der Waals surface area contributed by atoms with E-state index in [1.165, 1.54) is 4.90 Å². The Morgan fingerprint density at radius 1 is 0.909 bits per heavy atom. The lowest BCUT2D eigenvalue weighted by Crippen LogP contribution is -2.52. The van der Waals surface area contributed by atoms with Crippen LogP contribution in [-0.4, -0.2) is 28.1 Å². The van der Waals surface area contributed by atoms with Crippen LogP contribution in [0.4, 0.5) is 0 Å². The summed E-state index contributed by atoms with van der Waals surface area (Å²) in [6.45, 7) is 1.86. The van der Waals surface area contributed by atoms with E-state index in [0.29, 0.717) is 17.5 Å². The van der Waals surface area contributed by atoms with Gasteiger partial charge in [0.15, 0.2) is 0 Å². The molecule has 0 fully saturated rings. The molecule has 0 spiro atoms. The quantitative estimate of drug-likeness (QED) is 0.639. The fourth-order valence-electron chi connectivity index (χ4n) is 2.90. The molecule has 0 saturated heterocycles. The second-order valence-corrected chi connectivity index (χ2v) is 6.05. The number of hydrogen-bond acceptors (Lipinski definition) is 2. The molecule has 2 aromatic carbocycles.